The lowest BCUT2D eigenvalue weighted by molar-refractivity contribution is 0.0836. The molecule has 1 aromatic carbocycles. The summed E-state index contributed by atoms with van der Waals surface area (Å²) in [6, 6.07) is 5.12. The van der Waals surface area contributed by atoms with E-state index in [1.807, 2.05) is 0 Å². The standard InChI is InChI=1S/C11H15N3O2/c12-6-1-2-9(11(13)16)10(3-6)14-7-4-8(15)5-7/h1-3,7-8,14-15H,4-5,12H2,(H2,13,16). The van der Waals surface area contributed by atoms with Crippen LogP contribution in [0, 0.1) is 0 Å². The highest BCUT2D eigenvalue weighted by Gasteiger charge is 2.27. The number of anilines is 2. The summed E-state index contributed by atoms with van der Waals surface area (Å²) in [5.41, 5.74) is 12.6. The summed E-state index contributed by atoms with van der Waals surface area (Å²) in [4.78, 5) is 11.2. The number of nitrogen functional groups attached to an aromatic ring is 1. The Morgan fingerprint density at radius 3 is 2.69 bits per heavy atom. The highest BCUT2D eigenvalue weighted by atomic mass is 16.3. The Morgan fingerprint density at radius 1 is 1.44 bits per heavy atom. The summed E-state index contributed by atoms with van der Waals surface area (Å²) >= 11 is 0. The quantitative estimate of drug-likeness (QED) is 0.551. The van der Waals surface area contributed by atoms with Crippen LogP contribution in [0.15, 0.2) is 18.2 Å². The van der Waals surface area contributed by atoms with E-state index >= 15 is 0 Å². The number of primary amides is 1. The summed E-state index contributed by atoms with van der Waals surface area (Å²) < 4.78 is 0. The van der Waals surface area contributed by atoms with E-state index in [2.05, 4.69) is 5.32 Å². The van der Waals surface area contributed by atoms with Gasteiger partial charge in [-0.25, -0.2) is 0 Å². The van der Waals surface area contributed by atoms with Gasteiger partial charge in [-0.15, -0.1) is 0 Å². The maximum Gasteiger partial charge on any atom is 0.250 e. The average Bonchev–Trinajstić information content (AvgIpc) is 2.15. The zero-order valence-electron chi connectivity index (χ0n) is 8.81. The molecule has 0 aliphatic heterocycles. The second-order valence-corrected chi connectivity index (χ2v) is 4.14. The fourth-order valence-electron chi connectivity index (χ4n) is 1.82. The molecule has 1 saturated carbocycles. The summed E-state index contributed by atoms with van der Waals surface area (Å²) in [6.07, 6.45) is 1.13. The van der Waals surface area contributed by atoms with Gasteiger partial charge < -0.3 is 21.9 Å². The Morgan fingerprint density at radius 2 is 2.12 bits per heavy atom. The van der Waals surface area contributed by atoms with Crippen LogP contribution in [0.4, 0.5) is 11.4 Å². The lowest BCUT2D eigenvalue weighted by atomic mass is 9.89. The van der Waals surface area contributed by atoms with E-state index in [0.29, 0.717) is 29.8 Å². The second-order valence-electron chi connectivity index (χ2n) is 4.14. The molecule has 2 rings (SSSR count). The van der Waals surface area contributed by atoms with Crippen LogP contribution < -0.4 is 16.8 Å². The molecule has 0 aromatic heterocycles. The van der Waals surface area contributed by atoms with E-state index < -0.39 is 5.91 Å². The topological polar surface area (TPSA) is 101 Å². The number of carbonyl (C=O) groups is 1. The number of hydrogen-bond donors (Lipinski definition) is 4. The normalized spacial score (nSPS) is 23.6. The molecular formula is C11H15N3O2. The Labute approximate surface area is 93.4 Å². The van der Waals surface area contributed by atoms with Crippen LogP contribution in [0.2, 0.25) is 0 Å². The van der Waals surface area contributed by atoms with E-state index in [1.165, 1.54) is 0 Å². The van der Waals surface area contributed by atoms with Crippen LogP contribution in [0.1, 0.15) is 23.2 Å². The SMILES string of the molecule is NC(=O)c1ccc(N)cc1NC1CC(O)C1. The molecule has 0 atom stereocenters. The lowest BCUT2D eigenvalue weighted by Gasteiger charge is -2.33. The fraction of sp³-hybridized carbons (Fsp3) is 0.364. The summed E-state index contributed by atoms with van der Waals surface area (Å²) in [5, 5.41) is 12.3. The van der Waals surface area contributed by atoms with Crippen LogP contribution in [0.5, 0.6) is 0 Å². The van der Waals surface area contributed by atoms with Gasteiger partial charge in [0.15, 0.2) is 0 Å². The van der Waals surface area contributed by atoms with Gasteiger partial charge in [-0.1, -0.05) is 0 Å². The molecule has 5 nitrogen and oxygen atoms in total. The molecule has 1 aromatic rings. The van der Waals surface area contributed by atoms with Crippen molar-refractivity contribution in [3.8, 4) is 0 Å². The van der Waals surface area contributed by atoms with Crippen LogP contribution in [0.3, 0.4) is 0 Å². The van der Waals surface area contributed by atoms with Crippen molar-refractivity contribution < 1.29 is 9.90 Å². The molecule has 1 amide bonds. The third-order valence-corrected chi connectivity index (χ3v) is 2.78. The van der Waals surface area contributed by atoms with Gasteiger partial charge in [-0.3, -0.25) is 4.79 Å². The van der Waals surface area contributed by atoms with Gasteiger partial charge in [0.1, 0.15) is 0 Å². The smallest absolute Gasteiger partial charge is 0.250 e. The Balaban J connectivity index is 2.17. The van der Waals surface area contributed by atoms with E-state index in [-0.39, 0.29) is 12.1 Å². The first-order valence-corrected chi connectivity index (χ1v) is 5.20. The number of rotatable bonds is 3. The van der Waals surface area contributed by atoms with Crippen LogP contribution in [0.25, 0.3) is 0 Å². The van der Waals surface area contributed by atoms with Crippen molar-refractivity contribution in [2.24, 2.45) is 5.73 Å². The fourth-order valence-corrected chi connectivity index (χ4v) is 1.82. The van der Waals surface area contributed by atoms with Crippen LogP contribution in [-0.2, 0) is 0 Å². The number of aliphatic hydroxyl groups is 1. The zero-order chi connectivity index (χ0) is 11.7. The molecular weight excluding hydrogens is 206 g/mol. The third kappa shape index (κ3) is 2.09. The van der Waals surface area contributed by atoms with Crippen molar-refractivity contribution in [3.05, 3.63) is 23.8 Å². The number of hydrogen-bond acceptors (Lipinski definition) is 4. The van der Waals surface area contributed by atoms with Crippen molar-refractivity contribution in [1.29, 1.82) is 0 Å². The van der Waals surface area contributed by atoms with Gasteiger partial charge >= 0.3 is 0 Å². The highest BCUT2D eigenvalue weighted by molar-refractivity contribution is 5.99. The molecule has 0 radical (unpaired) electrons. The second kappa shape index (κ2) is 4.02. The lowest BCUT2D eigenvalue weighted by Crippen LogP contribution is -2.39. The van der Waals surface area contributed by atoms with Gasteiger partial charge in [0, 0.05) is 17.4 Å². The largest absolute Gasteiger partial charge is 0.399 e. The van der Waals surface area contributed by atoms with Crippen molar-refractivity contribution in [1.82, 2.24) is 0 Å². The molecule has 0 heterocycles. The van der Waals surface area contributed by atoms with E-state index in [0.717, 1.165) is 0 Å². The number of aliphatic hydroxyl groups excluding tert-OH is 1. The Hall–Kier alpha value is -1.75. The minimum atomic E-state index is -0.484. The number of nitrogens with one attached hydrogen (secondary N) is 1. The van der Waals surface area contributed by atoms with Gasteiger partial charge in [0.25, 0.3) is 5.91 Å². The number of benzene rings is 1. The molecule has 1 aliphatic carbocycles. The highest BCUT2D eigenvalue weighted by Crippen LogP contribution is 2.27. The predicted octanol–water partition coefficient (Wildman–Crippen LogP) is 0.303. The summed E-state index contributed by atoms with van der Waals surface area (Å²) in [7, 11) is 0. The maximum absolute atomic E-state index is 11.2. The van der Waals surface area contributed by atoms with E-state index in [9.17, 15) is 9.90 Å². The molecule has 0 spiro atoms. The van der Waals surface area contributed by atoms with Crippen molar-refractivity contribution in [3.63, 3.8) is 0 Å². The van der Waals surface area contributed by atoms with Gasteiger partial charge in [0.2, 0.25) is 0 Å². The first kappa shape index (κ1) is 10.8. The van der Waals surface area contributed by atoms with Crippen LogP contribution >= 0.6 is 0 Å². The number of nitrogens with two attached hydrogens (primary N) is 2. The molecule has 5 heteroatoms. The average molecular weight is 221 g/mol. The molecule has 1 fully saturated rings. The molecule has 86 valence electrons. The molecule has 16 heavy (non-hydrogen) atoms. The number of amides is 1. The van der Waals surface area contributed by atoms with Gasteiger partial charge in [0.05, 0.1) is 11.7 Å². The first-order chi connectivity index (χ1) is 7.56. The zero-order valence-corrected chi connectivity index (χ0v) is 8.81. The number of carbonyl (C=O) groups excluding carboxylic acids is 1. The van der Waals surface area contributed by atoms with Gasteiger partial charge in [-0.05, 0) is 31.0 Å². The maximum atomic E-state index is 11.2. The van der Waals surface area contributed by atoms with Crippen molar-refractivity contribution >= 4 is 17.3 Å². The molecule has 0 bridgehead atoms. The molecule has 1 aliphatic rings. The molecule has 0 unspecified atom stereocenters. The van der Waals surface area contributed by atoms with Crippen molar-refractivity contribution in [2.45, 2.75) is 25.0 Å². The molecule has 0 saturated heterocycles. The monoisotopic (exact) mass is 221 g/mol. The van der Waals surface area contributed by atoms with Crippen molar-refractivity contribution in [2.75, 3.05) is 11.1 Å². The minimum Gasteiger partial charge on any atom is -0.399 e. The molecule has 6 N–H and O–H groups in total. The third-order valence-electron chi connectivity index (χ3n) is 2.78. The van der Waals surface area contributed by atoms with E-state index in [1.54, 1.807) is 18.2 Å². The minimum absolute atomic E-state index is 0.190. The van der Waals surface area contributed by atoms with Crippen LogP contribution in [-0.4, -0.2) is 23.2 Å². The predicted molar refractivity (Wildman–Crippen MR) is 62.0 cm³/mol. The summed E-state index contributed by atoms with van der Waals surface area (Å²) in [6.45, 7) is 0. The summed E-state index contributed by atoms with van der Waals surface area (Å²) in [5.74, 6) is -0.484. The van der Waals surface area contributed by atoms with Gasteiger partial charge in [-0.2, -0.15) is 0 Å². The Kier molecular flexibility index (Phi) is 2.70. The first-order valence-electron chi connectivity index (χ1n) is 5.20. The Bertz CT molecular complexity index is 414. The van der Waals surface area contributed by atoms with E-state index in [4.69, 9.17) is 11.5 Å².